The van der Waals surface area contributed by atoms with Crippen LogP contribution < -0.4 is 11.5 Å². The van der Waals surface area contributed by atoms with Gasteiger partial charge in [-0.3, -0.25) is 4.57 Å². The molecule has 0 aliphatic rings. The van der Waals surface area contributed by atoms with Crippen molar-refractivity contribution in [2.75, 3.05) is 11.5 Å². The maximum atomic E-state index is 5.95. The van der Waals surface area contributed by atoms with Crippen LogP contribution in [0.1, 0.15) is 12.7 Å². The molecular formula is C13H14N6. The number of hydrogen-bond donors (Lipinski definition) is 2. The van der Waals surface area contributed by atoms with Gasteiger partial charge in [-0.2, -0.15) is 4.98 Å². The lowest BCUT2D eigenvalue weighted by molar-refractivity contribution is 0.900. The SMILES string of the molecule is CCc1nc2ccccc2n1-c1cnc(N)nc1N. The van der Waals surface area contributed by atoms with Gasteiger partial charge in [-0.15, -0.1) is 0 Å². The fourth-order valence-corrected chi connectivity index (χ4v) is 2.16. The standard InChI is InChI=1S/C13H14N6/c1-2-11-17-8-5-3-4-6-9(8)19(11)10-7-16-13(15)18-12(10)14/h3-7H,2H2,1H3,(H4,14,15,16,18). The summed E-state index contributed by atoms with van der Waals surface area (Å²) in [6.07, 6.45) is 2.42. The third-order valence-corrected chi connectivity index (χ3v) is 3.00. The normalized spacial score (nSPS) is 11.0. The molecular weight excluding hydrogens is 240 g/mol. The van der Waals surface area contributed by atoms with E-state index in [1.54, 1.807) is 6.20 Å². The lowest BCUT2D eigenvalue weighted by Crippen LogP contribution is -2.08. The molecule has 2 aromatic heterocycles. The van der Waals surface area contributed by atoms with Crippen LogP contribution in [-0.4, -0.2) is 19.5 Å². The zero-order valence-corrected chi connectivity index (χ0v) is 10.5. The van der Waals surface area contributed by atoms with Gasteiger partial charge in [0.1, 0.15) is 11.5 Å². The maximum Gasteiger partial charge on any atom is 0.222 e. The minimum Gasteiger partial charge on any atom is -0.382 e. The van der Waals surface area contributed by atoms with E-state index < -0.39 is 0 Å². The molecule has 0 spiro atoms. The molecule has 0 unspecified atom stereocenters. The van der Waals surface area contributed by atoms with Crippen molar-refractivity contribution in [1.82, 2.24) is 19.5 Å². The van der Waals surface area contributed by atoms with E-state index in [4.69, 9.17) is 11.5 Å². The Bertz CT molecular complexity index is 746. The van der Waals surface area contributed by atoms with Crippen molar-refractivity contribution in [3.05, 3.63) is 36.3 Å². The molecule has 0 radical (unpaired) electrons. The van der Waals surface area contributed by atoms with Crippen LogP contribution in [0.4, 0.5) is 11.8 Å². The fraction of sp³-hybridized carbons (Fsp3) is 0.154. The number of anilines is 2. The van der Waals surface area contributed by atoms with Gasteiger partial charge in [0.05, 0.1) is 17.2 Å². The predicted octanol–water partition coefficient (Wildman–Crippen LogP) is 1.54. The second-order valence-electron chi connectivity index (χ2n) is 4.20. The maximum absolute atomic E-state index is 5.95. The molecule has 1 aromatic carbocycles. The van der Waals surface area contributed by atoms with Gasteiger partial charge in [-0.25, -0.2) is 9.97 Å². The second-order valence-corrected chi connectivity index (χ2v) is 4.20. The topological polar surface area (TPSA) is 95.6 Å². The number of aryl methyl sites for hydroxylation is 1. The van der Waals surface area contributed by atoms with E-state index in [-0.39, 0.29) is 5.95 Å². The first-order valence-corrected chi connectivity index (χ1v) is 6.05. The summed E-state index contributed by atoms with van der Waals surface area (Å²) in [6.45, 7) is 2.05. The van der Waals surface area contributed by atoms with Crippen LogP contribution in [0.3, 0.4) is 0 Å². The Morgan fingerprint density at radius 3 is 2.68 bits per heavy atom. The number of nitrogens with zero attached hydrogens (tertiary/aromatic N) is 4. The zero-order valence-electron chi connectivity index (χ0n) is 10.5. The van der Waals surface area contributed by atoms with E-state index in [2.05, 4.69) is 15.0 Å². The average Bonchev–Trinajstić information content (AvgIpc) is 2.77. The van der Waals surface area contributed by atoms with Crippen LogP contribution in [0.2, 0.25) is 0 Å². The van der Waals surface area contributed by atoms with Gasteiger partial charge in [0.15, 0.2) is 5.82 Å². The largest absolute Gasteiger partial charge is 0.382 e. The van der Waals surface area contributed by atoms with Gasteiger partial charge in [0.25, 0.3) is 0 Å². The molecule has 0 aliphatic carbocycles. The third kappa shape index (κ3) is 1.77. The van der Waals surface area contributed by atoms with E-state index in [9.17, 15) is 0 Å². The van der Waals surface area contributed by atoms with Gasteiger partial charge in [0.2, 0.25) is 5.95 Å². The molecule has 0 saturated carbocycles. The molecule has 2 heterocycles. The molecule has 19 heavy (non-hydrogen) atoms. The molecule has 0 aliphatic heterocycles. The van der Waals surface area contributed by atoms with Crippen molar-refractivity contribution < 1.29 is 0 Å². The molecule has 3 aromatic rings. The zero-order chi connectivity index (χ0) is 13.4. The van der Waals surface area contributed by atoms with E-state index in [1.165, 1.54) is 0 Å². The van der Waals surface area contributed by atoms with Crippen LogP contribution in [0, 0.1) is 0 Å². The summed E-state index contributed by atoms with van der Waals surface area (Å²) in [4.78, 5) is 12.6. The summed E-state index contributed by atoms with van der Waals surface area (Å²) in [5, 5.41) is 0. The van der Waals surface area contributed by atoms with Crippen LogP contribution in [0.25, 0.3) is 16.7 Å². The highest BCUT2D eigenvalue weighted by molar-refractivity contribution is 5.79. The molecule has 6 nitrogen and oxygen atoms in total. The van der Waals surface area contributed by atoms with Crippen LogP contribution in [0.5, 0.6) is 0 Å². The first-order chi connectivity index (χ1) is 9.20. The van der Waals surface area contributed by atoms with Crippen molar-refractivity contribution in [3.8, 4) is 5.69 Å². The van der Waals surface area contributed by atoms with Crippen molar-refractivity contribution in [2.45, 2.75) is 13.3 Å². The number of hydrogen-bond acceptors (Lipinski definition) is 5. The highest BCUT2D eigenvalue weighted by Crippen LogP contribution is 2.24. The number of imidazole rings is 1. The minimum absolute atomic E-state index is 0.170. The molecule has 0 atom stereocenters. The summed E-state index contributed by atoms with van der Waals surface area (Å²) >= 11 is 0. The van der Waals surface area contributed by atoms with Crippen LogP contribution in [-0.2, 0) is 6.42 Å². The third-order valence-electron chi connectivity index (χ3n) is 3.00. The molecule has 6 heteroatoms. The molecule has 3 rings (SSSR count). The lowest BCUT2D eigenvalue weighted by atomic mass is 10.3. The number of aromatic nitrogens is 4. The van der Waals surface area contributed by atoms with E-state index in [0.717, 1.165) is 23.3 Å². The van der Waals surface area contributed by atoms with Gasteiger partial charge in [0, 0.05) is 6.42 Å². The Morgan fingerprint density at radius 1 is 1.16 bits per heavy atom. The van der Waals surface area contributed by atoms with Crippen molar-refractivity contribution in [2.24, 2.45) is 0 Å². The minimum atomic E-state index is 0.170. The number of rotatable bonds is 2. The van der Waals surface area contributed by atoms with E-state index >= 15 is 0 Å². The van der Waals surface area contributed by atoms with Crippen molar-refractivity contribution in [1.29, 1.82) is 0 Å². The van der Waals surface area contributed by atoms with Gasteiger partial charge in [-0.1, -0.05) is 19.1 Å². The van der Waals surface area contributed by atoms with Gasteiger partial charge >= 0.3 is 0 Å². The van der Waals surface area contributed by atoms with E-state index in [0.29, 0.717) is 11.5 Å². The van der Waals surface area contributed by atoms with Gasteiger partial charge < -0.3 is 11.5 Å². The molecule has 96 valence electrons. The first-order valence-electron chi connectivity index (χ1n) is 6.05. The number of nitrogen functional groups attached to an aromatic ring is 2. The predicted molar refractivity (Wildman–Crippen MR) is 74.9 cm³/mol. The molecule has 0 fully saturated rings. The Morgan fingerprint density at radius 2 is 1.95 bits per heavy atom. The van der Waals surface area contributed by atoms with Crippen LogP contribution >= 0.6 is 0 Å². The summed E-state index contributed by atoms with van der Waals surface area (Å²) in [7, 11) is 0. The highest BCUT2D eigenvalue weighted by Gasteiger charge is 2.14. The monoisotopic (exact) mass is 254 g/mol. The first kappa shape index (κ1) is 11.5. The smallest absolute Gasteiger partial charge is 0.222 e. The Labute approximate surface area is 110 Å². The number of nitrogens with two attached hydrogens (primary N) is 2. The van der Waals surface area contributed by atoms with E-state index in [1.807, 2.05) is 35.8 Å². The van der Waals surface area contributed by atoms with Crippen LogP contribution in [0.15, 0.2) is 30.5 Å². The molecule has 4 N–H and O–H groups in total. The molecule has 0 saturated heterocycles. The highest BCUT2D eigenvalue weighted by atomic mass is 15.1. The second kappa shape index (κ2) is 4.24. The van der Waals surface area contributed by atoms with Crippen molar-refractivity contribution >= 4 is 22.8 Å². The number of benzene rings is 1. The quantitative estimate of drug-likeness (QED) is 0.723. The number of para-hydroxylation sites is 2. The lowest BCUT2D eigenvalue weighted by Gasteiger charge is -2.10. The molecule has 0 bridgehead atoms. The van der Waals surface area contributed by atoms with Gasteiger partial charge in [-0.05, 0) is 12.1 Å². The summed E-state index contributed by atoms with van der Waals surface area (Å²) < 4.78 is 1.98. The summed E-state index contributed by atoms with van der Waals surface area (Å²) in [5.41, 5.74) is 14.1. The summed E-state index contributed by atoms with van der Waals surface area (Å²) in [5.74, 6) is 1.44. The Balaban J connectivity index is 2.34. The fourth-order valence-electron chi connectivity index (χ4n) is 2.16. The molecule has 0 amide bonds. The number of fused-ring (bicyclic) bond motifs is 1. The Kier molecular flexibility index (Phi) is 2.56. The van der Waals surface area contributed by atoms with Crippen molar-refractivity contribution in [3.63, 3.8) is 0 Å². The average molecular weight is 254 g/mol. The Hall–Kier alpha value is -2.63. The summed E-state index contributed by atoms with van der Waals surface area (Å²) in [6, 6.07) is 7.90.